The van der Waals surface area contributed by atoms with Crippen LogP contribution in [-0.2, 0) is 0 Å². The largest absolute Gasteiger partial charge is 0.391 e. The number of carbonyl (C=O) groups excluding carboxylic acids is 1. The number of aromatic nitrogens is 1. The van der Waals surface area contributed by atoms with Gasteiger partial charge in [-0.15, -0.1) is 0 Å². The molecular weight excluding hydrogens is 220 g/mol. The van der Waals surface area contributed by atoms with Crippen molar-refractivity contribution < 1.29 is 9.90 Å². The summed E-state index contributed by atoms with van der Waals surface area (Å²) in [5, 5.41) is 12.1. The zero-order chi connectivity index (χ0) is 12.8. The fraction of sp³-hybridized carbons (Fsp3) is 0.500. The molecule has 1 heterocycles. The molecule has 0 spiro atoms. The van der Waals surface area contributed by atoms with Gasteiger partial charge in [0.1, 0.15) is 5.56 Å². The van der Waals surface area contributed by atoms with Gasteiger partial charge in [-0.2, -0.15) is 0 Å². The molecule has 0 radical (unpaired) electrons. The molecule has 94 valence electrons. The van der Waals surface area contributed by atoms with E-state index < -0.39 is 17.6 Å². The van der Waals surface area contributed by atoms with Crippen LogP contribution in [0.15, 0.2) is 23.1 Å². The first kappa shape index (κ1) is 13.4. The van der Waals surface area contributed by atoms with Crippen molar-refractivity contribution in [2.45, 2.75) is 26.4 Å². The highest BCUT2D eigenvalue weighted by Gasteiger charge is 2.12. The van der Waals surface area contributed by atoms with E-state index in [1.54, 1.807) is 6.07 Å². The lowest BCUT2D eigenvalue weighted by molar-refractivity contribution is 0.0899. The first-order valence-corrected chi connectivity index (χ1v) is 5.64. The summed E-state index contributed by atoms with van der Waals surface area (Å²) in [7, 11) is 0. The summed E-state index contributed by atoms with van der Waals surface area (Å²) in [5.41, 5.74) is -0.368. The molecule has 1 aromatic rings. The molecule has 1 unspecified atom stereocenters. The lowest BCUT2D eigenvalue weighted by atomic mass is 10.1. The number of aliphatic hydroxyl groups excluding tert-OH is 1. The third kappa shape index (κ3) is 4.40. The van der Waals surface area contributed by atoms with E-state index in [1.165, 1.54) is 12.3 Å². The Morgan fingerprint density at radius 1 is 1.53 bits per heavy atom. The van der Waals surface area contributed by atoms with E-state index >= 15 is 0 Å². The predicted molar refractivity (Wildman–Crippen MR) is 64.9 cm³/mol. The quantitative estimate of drug-likeness (QED) is 0.699. The molecule has 0 aliphatic rings. The van der Waals surface area contributed by atoms with Crippen LogP contribution in [-0.4, -0.2) is 28.6 Å². The molecule has 0 aliphatic carbocycles. The van der Waals surface area contributed by atoms with Crippen LogP contribution in [0.4, 0.5) is 0 Å². The van der Waals surface area contributed by atoms with Gasteiger partial charge in [-0.1, -0.05) is 13.8 Å². The van der Waals surface area contributed by atoms with Crippen LogP contribution in [0.1, 0.15) is 30.6 Å². The summed E-state index contributed by atoms with van der Waals surface area (Å²) in [6.45, 7) is 4.14. The van der Waals surface area contributed by atoms with Crippen molar-refractivity contribution in [1.82, 2.24) is 10.3 Å². The van der Waals surface area contributed by atoms with Crippen molar-refractivity contribution in [3.8, 4) is 0 Å². The van der Waals surface area contributed by atoms with Gasteiger partial charge in [0, 0.05) is 12.7 Å². The zero-order valence-electron chi connectivity index (χ0n) is 10.1. The third-order valence-corrected chi connectivity index (χ3v) is 2.30. The smallest absolute Gasteiger partial charge is 0.260 e. The molecule has 1 atom stereocenters. The van der Waals surface area contributed by atoms with Crippen molar-refractivity contribution in [3.63, 3.8) is 0 Å². The summed E-state index contributed by atoms with van der Waals surface area (Å²) in [6.07, 6.45) is 1.50. The van der Waals surface area contributed by atoms with Crippen molar-refractivity contribution in [2.75, 3.05) is 6.54 Å². The Morgan fingerprint density at radius 2 is 2.24 bits per heavy atom. The second-order valence-corrected chi connectivity index (χ2v) is 4.41. The van der Waals surface area contributed by atoms with E-state index in [0.717, 1.165) is 0 Å². The van der Waals surface area contributed by atoms with E-state index in [2.05, 4.69) is 10.3 Å². The standard InChI is InChI=1S/C12H18N2O3/c1-8(2)6-9(15)7-14-12(17)10-4-3-5-13-11(10)16/h3-5,8-9,15H,6-7H2,1-2H3,(H,13,16)(H,14,17). The predicted octanol–water partition coefficient (Wildman–Crippen LogP) is 0.512. The second kappa shape index (κ2) is 6.20. The Balaban J connectivity index is 2.51. The molecule has 1 aromatic heterocycles. The van der Waals surface area contributed by atoms with Crippen molar-refractivity contribution in [2.24, 2.45) is 5.92 Å². The minimum atomic E-state index is -0.582. The van der Waals surface area contributed by atoms with Gasteiger partial charge in [0.25, 0.3) is 11.5 Å². The van der Waals surface area contributed by atoms with Crippen molar-refractivity contribution in [3.05, 3.63) is 34.2 Å². The molecule has 1 rings (SSSR count). The van der Waals surface area contributed by atoms with Crippen LogP contribution in [0.5, 0.6) is 0 Å². The monoisotopic (exact) mass is 238 g/mol. The molecule has 0 aromatic carbocycles. The molecule has 5 nitrogen and oxygen atoms in total. The fourth-order valence-corrected chi connectivity index (χ4v) is 1.53. The number of pyridine rings is 1. The Labute approximate surface area is 99.9 Å². The van der Waals surface area contributed by atoms with Crippen LogP contribution in [0.25, 0.3) is 0 Å². The first-order chi connectivity index (χ1) is 8.00. The van der Waals surface area contributed by atoms with E-state index in [1.807, 2.05) is 13.8 Å². The Bertz CT molecular complexity index is 426. The van der Waals surface area contributed by atoms with Crippen LogP contribution in [0.2, 0.25) is 0 Å². The maximum Gasteiger partial charge on any atom is 0.260 e. The fourth-order valence-electron chi connectivity index (χ4n) is 1.53. The van der Waals surface area contributed by atoms with E-state index in [9.17, 15) is 14.7 Å². The molecule has 3 N–H and O–H groups in total. The summed E-state index contributed by atoms with van der Waals surface area (Å²) < 4.78 is 0. The van der Waals surface area contributed by atoms with Gasteiger partial charge in [-0.3, -0.25) is 9.59 Å². The summed E-state index contributed by atoms with van der Waals surface area (Å²) in [4.78, 5) is 25.3. The summed E-state index contributed by atoms with van der Waals surface area (Å²) in [5.74, 6) is -0.100. The number of carbonyl (C=O) groups is 1. The molecule has 0 saturated heterocycles. The Kier molecular flexibility index (Phi) is 4.90. The third-order valence-electron chi connectivity index (χ3n) is 2.30. The molecule has 0 aliphatic heterocycles. The SMILES string of the molecule is CC(C)CC(O)CNC(=O)c1ccc[nH]c1=O. The van der Waals surface area contributed by atoms with E-state index in [-0.39, 0.29) is 12.1 Å². The van der Waals surface area contributed by atoms with Crippen LogP contribution in [0.3, 0.4) is 0 Å². The van der Waals surface area contributed by atoms with Gasteiger partial charge in [-0.05, 0) is 24.5 Å². The summed E-state index contributed by atoms with van der Waals surface area (Å²) in [6, 6.07) is 3.03. The van der Waals surface area contributed by atoms with Gasteiger partial charge in [0.15, 0.2) is 0 Å². The normalized spacial score (nSPS) is 12.5. The average molecular weight is 238 g/mol. The second-order valence-electron chi connectivity index (χ2n) is 4.41. The molecular formula is C12H18N2O3. The van der Waals surface area contributed by atoms with Gasteiger partial charge in [0.05, 0.1) is 6.10 Å². The zero-order valence-corrected chi connectivity index (χ0v) is 10.1. The minimum absolute atomic E-state index is 0.0595. The highest BCUT2D eigenvalue weighted by atomic mass is 16.3. The molecule has 0 fully saturated rings. The maximum atomic E-state index is 11.6. The van der Waals surface area contributed by atoms with Gasteiger partial charge in [-0.25, -0.2) is 0 Å². The Morgan fingerprint density at radius 3 is 2.82 bits per heavy atom. The molecule has 5 heteroatoms. The van der Waals surface area contributed by atoms with Crippen LogP contribution in [0, 0.1) is 5.92 Å². The van der Waals surface area contributed by atoms with Gasteiger partial charge in [0.2, 0.25) is 0 Å². The highest BCUT2D eigenvalue weighted by Crippen LogP contribution is 2.03. The van der Waals surface area contributed by atoms with E-state index in [4.69, 9.17) is 0 Å². The average Bonchev–Trinajstić information content (AvgIpc) is 2.25. The maximum absolute atomic E-state index is 11.6. The first-order valence-electron chi connectivity index (χ1n) is 5.64. The van der Waals surface area contributed by atoms with Crippen LogP contribution >= 0.6 is 0 Å². The molecule has 0 saturated carbocycles. The number of H-pyrrole nitrogens is 1. The molecule has 1 amide bonds. The van der Waals surface area contributed by atoms with E-state index in [0.29, 0.717) is 12.3 Å². The molecule has 0 bridgehead atoms. The number of aromatic amines is 1. The molecule has 17 heavy (non-hydrogen) atoms. The lowest BCUT2D eigenvalue weighted by Crippen LogP contribution is -2.35. The minimum Gasteiger partial charge on any atom is -0.391 e. The number of hydrogen-bond donors (Lipinski definition) is 3. The number of nitrogens with one attached hydrogen (secondary N) is 2. The highest BCUT2D eigenvalue weighted by molar-refractivity contribution is 5.93. The lowest BCUT2D eigenvalue weighted by Gasteiger charge is -2.13. The number of rotatable bonds is 5. The van der Waals surface area contributed by atoms with Gasteiger partial charge < -0.3 is 15.4 Å². The number of hydrogen-bond acceptors (Lipinski definition) is 3. The number of aliphatic hydroxyl groups is 1. The topological polar surface area (TPSA) is 82.2 Å². The van der Waals surface area contributed by atoms with Gasteiger partial charge >= 0.3 is 0 Å². The van der Waals surface area contributed by atoms with Crippen molar-refractivity contribution >= 4 is 5.91 Å². The summed E-state index contributed by atoms with van der Waals surface area (Å²) >= 11 is 0. The number of amides is 1. The Hall–Kier alpha value is -1.62. The van der Waals surface area contributed by atoms with Crippen molar-refractivity contribution in [1.29, 1.82) is 0 Å². The van der Waals surface area contributed by atoms with Crippen LogP contribution < -0.4 is 10.9 Å².